The van der Waals surface area contributed by atoms with Crippen LogP contribution < -0.4 is 10.6 Å². The molecule has 0 spiro atoms. The average molecular weight is 282 g/mol. The first-order valence-electron chi connectivity index (χ1n) is 6.92. The van der Waals surface area contributed by atoms with Crippen molar-refractivity contribution in [3.8, 4) is 0 Å². The number of aliphatic hydroxyl groups is 1. The molecule has 0 saturated heterocycles. The van der Waals surface area contributed by atoms with Crippen LogP contribution in [0.3, 0.4) is 0 Å². The maximum absolute atomic E-state index is 12.8. The first-order valence-corrected chi connectivity index (χ1v) is 6.92. The SMILES string of the molecule is CCC(C)C(C)NC(=O)NCC(O)c1ccc(F)cc1. The molecule has 1 aromatic rings. The Hall–Kier alpha value is -1.62. The Morgan fingerprint density at radius 1 is 1.30 bits per heavy atom. The molecular weight excluding hydrogens is 259 g/mol. The van der Waals surface area contributed by atoms with Gasteiger partial charge in [-0.25, -0.2) is 9.18 Å². The third-order valence-electron chi connectivity index (χ3n) is 3.57. The summed E-state index contributed by atoms with van der Waals surface area (Å²) < 4.78 is 12.8. The Bertz CT molecular complexity index is 422. The summed E-state index contributed by atoms with van der Waals surface area (Å²) >= 11 is 0. The first kappa shape index (κ1) is 16.4. The second-order valence-electron chi connectivity index (χ2n) is 5.10. The van der Waals surface area contributed by atoms with Crippen LogP contribution >= 0.6 is 0 Å². The van der Waals surface area contributed by atoms with Crippen molar-refractivity contribution in [3.63, 3.8) is 0 Å². The second-order valence-corrected chi connectivity index (χ2v) is 5.10. The fourth-order valence-corrected chi connectivity index (χ4v) is 1.75. The van der Waals surface area contributed by atoms with E-state index in [2.05, 4.69) is 24.5 Å². The molecule has 0 bridgehead atoms. The largest absolute Gasteiger partial charge is 0.387 e. The zero-order chi connectivity index (χ0) is 15.1. The van der Waals surface area contributed by atoms with Crippen molar-refractivity contribution in [2.45, 2.75) is 39.3 Å². The summed E-state index contributed by atoms with van der Waals surface area (Å²) in [5.74, 6) is 0.0387. The number of urea groups is 1. The number of halogens is 1. The van der Waals surface area contributed by atoms with Crippen LogP contribution in [0, 0.1) is 11.7 Å². The highest BCUT2D eigenvalue weighted by atomic mass is 19.1. The molecular formula is C15H23FN2O2. The van der Waals surface area contributed by atoms with Crippen LogP contribution in [0.5, 0.6) is 0 Å². The molecule has 3 atom stereocenters. The molecule has 0 aliphatic heterocycles. The summed E-state index contributed by atoms with van der Waals surface area (Å²) in [6.07, 6.45) is 0.139. The minimum Gasteiger partial charge on any atom is -0.387 e. The number of hydrogen-bond donors (Lipinski definition) is 3. The van der Waals surface area contributed by atoms with E-state index in [9.17, 15) is 14.3 Å². The lowest BCUT2D eigenvalue weighted by Gasteiger charge is -2.20. The molecule has 3 unspecified atom stereocenters. The lowest BCUT2D eigenvalue weighted by molar-refractivity contribution is 0.172. The van der Waals surface area contributed by atoms with Crippen LogP contribution in [-0.4, -0.2) is 23.7 Å². The predicted octanol–water partition coefficient (Wildman–Crippen LogP) is 2.59. The maximum Gasteiger partial charge on any atom is 0.315 e. The number of rotatable bonds is 6. The van der Waals surface area contributed by atoms with Crippen molar-refractivity contribution in [1.29, 1.82) is 0 Å². The predicted molar refractivity (Wildman–Crippen MR) is 76.8 cm³/mol. The van der Waals surface area contributed by atoms with E-state index in [1.54, 1.807) is 0 Å². The minimum atomic E-state index is -0.847. The van der Waals surface area contributed by atoms with Crippen molar-refractivity contribution in [3.05, 3.63) is 35.6 Å². The number of benzene rings is 1. The number of nitrogens with one attached hydrogen (secondary N) is 2. The van der Waals surface area contributed by atoms with Gasteiger partial charge in [-0.3, -0.25) is 0 Å². The van der Waals surface area contributed by atoms with Gasteiger partial charge in [0.25, 0.3) is 0 Å². The monoisotopic (exact) mass is 282 g/mol. The summed E-state index contributed by atoms with van der Waals surface area (Å²) in [5.41, 5.74) is 0.571. The smallest absolute Gasteiger partial charge is 0.315 e. The van der Waals surface area contributed by atoms with Crippen LogP contribution in [-0.2, 0) is 0 Å². The summed E-state index contributed by atoms with van der Waals surface area (Å²) in [4.78, 5) is 11.7. The average Bonchev–Trinajstić information content (AvgIpc) is 2.44. The van der Waals surface area contributed by atoms with Gasteiger partial charge in [0.05, 0.1) is 6.10 Å². The zero-order valence-corrected chi connectivity index (χ0v) is 12.2. The molecule has 0 aliphatic rings. The zero-order valence-electron chi connectivity index (χ0n) is 12.2. The van der Waals surface area contributed by atoms with Crippen LogP contribution in [0.4, 0.5) is 9.18 Å². The molecule has 2 amide bonds. The van der Waals surface area contributed by atoms with E-state index in [1.807, 2.05) is 6.92 Å². The van der Waals surface area contributed by atoms with Gasteiger partial charge in [-0.1, -0.05) is 32.4 Å². The standard InChI is InChI=1S/C15H23FN2O2/c1-4-10(2)11(3)18-15(20)17-9-14(19)12-5-7-13(16)8-6-12/h5-8,10-11,14,19H,4,9H2,1-3H3,(H2,17,18,20). The molecule has 3 N–H and O–H groups in total. The lowest BCUT2D eigenvalue weighted by atomic mass is 10.0. The van der Waals surface area contributed by atoms with E-state index < -0.39 is 6.10 Å². The van der Waals surface area contributed by atoms with Gasteiger partial charge in [0.2, 0.25) is 0 Å². The topological polar surface area (TPSA) is 61.4 Å². The van der Waals surface area contributed by atoms with E-state index in [0.29, 0.717) is 11.5 Å². The molecule has 4 nitrogen and oxygen atoms in total. The molecule has 20 heavy (non-hydrogen) atoms. The molecule has 1 aromatic carbocycles. The van der Waals surface area contributed by atoms with E-state index in [0.717, 1.165) is 6.42 Å². The van der Waals surface area contributed by atoms with E-state index in [4.69, 9.17) is 0 Å². The fourth-order valence-electron chi connectivity index (χ4n) is 1.75. The van der Waals surface area contributed by atoms with Crippen molar-refractivity contribution in [2.24, 2.45) is 5.92 Å². The van der Waals surface area contributed by atoms with Gasteiger partial charge < -0.3 is 15.7 Å². The van der Waals surface area contributed by atoms with Crippen molar-refractivity contribution < 1.29 is 14.3 Å². The Kier molecular flexibility index (Phi) is 6.45. The van der Waals surface area contributed by atoms with Gasteiger partial charge in [0.15, 0.2) is 0 Å². The van der Waals surface area contributed by atoms with E-state index in [-0.39, 0.29) is 24.4 Å². The summed E-state index contributed by atoms with van der Waals surface area (Å²) in [6, 6.07) is 5.33. The Labute approximate surface area is 119 Å². The van der Waals surface area contributed by atoms with Crippen molar-refractivity contribution in [2.75, 3.05) is 6.54 Å². The molecule has 112 valence electrons. The first-order chi connectivity index (χ1) is 9.43. The van der Waals surface area contributed by atoms with Crippen LogP contribution in [0.25, 0.3) is 0 Å². The Balaban J connectivity index is 2.39. The molecule has 0 saturated carbocycles. The normalized spacial score (nSPS) is 15.2. The van der Waals surface area contributed by atoms with Gasteiger partial charge in [-0.15, -0.1) is 0 Å². The fraction of sp³-hybridized carbons (Fsp3) is 0.533. The van der Waals surface area contributed by atoms with E-state index >= 15 is 0 Å². The maximum atomic E-state index is 12.8. The van der Waals surface area contributed by atoms with Gasteiger partial charge in [0, 0.05) is 12.6 Å². The molecule has 0 fully saturated rings. The highest BCUT2D eigenvalue weighted by Crippen LogP contribution is 2.12. The van der Waals surface area contributed by atoms with Crippen LogP contribution in [0.1, 0.15) is 38.9 Å². The highest BCUT2D eigenvalue weighted by molar-refractivity contribution is 5.74. The van der Waals surface area contributed by atoms with E-state index in [1.165, 1.54) is 24.3 Å². The number of carbonyl (C=O) groups is 1. The second kappa shape index (κ2) is 7.85. The van der Waals surface area contributed by atoms with Gasteiger partial charge in [-0.05, 0) is 30.5 Å². The van der Waals surface area contributed by atoms with Crippen LogP contribution in [0.15, 0.2) is 24.3 Å². The van der Waals surface area contributed by atoms with Crippen molar-refractivity contribution >= 4 is 6.03 Å². The molecule has 0 heterocycles. The van der Waals surface area contributed by atoms with Crippen LogP contribution in [0.2, 0.25) is 0 Å². The van der Waals surface area contributed by atoms with Gasteiger partial charge >= 0.3 is 6.03 Å². The highest BCUT2D eigenvalue weighted by Gasteiger charge is 2.14. The van der Waals surface area contributed by atoms with Gasteiger partial charge in [0.1, 0.15) is 5.82 Å². The number of amides is 2. The quantitative estimate of drug-likeness (QED) is 0.751. The van der Waals surface area contributed by atoms with Gasteiger partial charge in [-0.2, -0.15) is 0 Å². The van der Waals surface area contributed by atoms with Crippen molar-refractivity contribution in [1.82, 2.24) is 10.6 Å². The third-order valence-corrected chi connectivity index (χ3v) is 3.57. The summed E-state index contributed by atoms with van der Waals surface area (Å²) in [5, 5.41) is 15.3. The molecule has 0 aromatic heterocycles. The Morgan fingerprint density at radius 3 is 2.45 bits per heavy atom. The number of hydrogen-bond acceptors (Lipinski definition) is 2. The Morgan fingerprint density at radius 2 is 1.90 bits per heavy atom. The number of aliphatic hydroxyl groups excluding tert-OH is 1. The molecule has 0 aliphatic carbocycles. The molecule has 5 heteroatoms. The number of carbonyl (C=O) groups excluding carboxylic acids is 1. The minimum absolute atomic E-state index is 0.0722. The summed E-state index contributed by atoms with van der Waals surface area (Å²) in [7, 11) is 0. The third kappa shape index (κ3) is 5.17. The molecule has 1 rings (SSSR count). The molecule has 0 radical (unpaired) electrons. The summed E-state index contributed by atoms with van der Waals surface area (Å²) in [6.45, 7) is 6.17. The lowest BCUT2D eigenvalue weighted by Crippen LogP contribution is -2.44.